The second-order valence-electron chi connectivity index (χ2n) is 4.29. The highest BCUT2D eigenvalue weighted by molar-refractivity contribution is 9.10. The van der Waals surface area contributed by atoms with Crippen LogP contribution in [0.3, 0.4) is 0 Å². The summed E-state index contributed by atoms with van der Waals surface area (Å²) in [5.74, 6) is 1.53. The van der Waals surface area contributed by atoms with Crippen molar-refractivity contribution in [3.63, 3.8) is 0 Å². The van der Waals surface area contributed by atoms with Gasteiger partial charge in [-0.15, -0.1) is 12.4 Å². The summed E-state index contributed by atoms with van der Waals surface area (Å²) >= 11 is 3.45. The Kier molecular flexibility index (Phi) is 2.97. The molecule has 0 radical (unpaired) electrons. The topological polar surface area (TPSA) is 29.3 Å². The molecule has 1 aromatic rings. The molecule has 15 heavy (non-hydrogen) atoms. The van der Waals surface area contributed by atoms with E-state index in [-0.39, 0.29) is 12.4 Å². The van der Waals surface area contributed by atoms with Crippen molar-refractivity contribution in [2.45, 2.75) is 6.04 Å². The van der Waals surface area contributed by atoms with Gasteiger partial charge in [-0.1, -0.05) is 15.9 Å². The Morgan fingerprint density at radius 2 is 1.67 bits per heavy atom. The monoisotopic (exact) mass is 288 g/mol. The maximum atomic E-state index is 5.90. The lowest BCUT2D eigenvalue weighted by Crippen LogP contribution is -2.27. The predicted molar refractivity (Wildman–Crippen MR) is 68.6 cm³/mol. The van der Waals surface area contributed by atoms with Crippen molar-refractivity contribution in [3.05, 3.63) is 28.7 Å². The van der Waals surface area contributed by atoms with E-state index in [0.29, 0.717) is 6.04 Å². The number of fused-ring (bicyclic) bond motifs is 1. The van der Waals surface area contributed by atoms with Crippen molar-refractivity contribution < 1.29 is 0 Å². The molecular weight excluding hydrogens is 275 g/mol. The predicted octanol–water partition coefficient (Wildman–Crippen LogP) is 2.26. The Bertz CT molecular complexity index is 342. The van der Waals surface area contributed by atoms with Gasteiger partial charge in [0.05, 0.1) is 0 Å². The van der Waals surface area contributed by atoms with Crippen molar-refractivity contribution in [1.29, 1.82) is 0 Å². The highest BCUT2D eigenvalue weighted by Gasteiger charge is 2.53. The zero-order valence-corrected chi connectivity index (χ0v) is 10.7. The van der Waals surface area contributed by atoms with Gasteiger partial charge in [0, 0.05) is 29.3 Å². The van der Waals surface area contributed by atoms with Crippen LogP contribution in [0.4, 0.5) is 5.69 Å². The number of nitrogens with zero attached hydrogens (tertiary/aromatic N) is 1. The first-order valence-electron chi connectivity index (χ1n) is 5.02. The zero-order chi connectivity index (χ0) is 9.71. The van der Waals surface area contributed by atoms with Gasteiger partial charge in [0.25, 0.3) is 0 Å². The molecule has 0 spiro atoms. The molecule has 82 valence electrons. The molecule has 0 amide bonds. The maximum absolute atomic E-state index is 5.90. The van der Waals surface area contributed by atoms with Gasteiger partial charge in [0.15, 0.2) is 0 Å². The Balaban J connectivity index is 0.000000853. The Labute approximate surface area is 104 Å². The van der Waals surface area contributed by atoms with Crippen molar-refractivity contribution in [3.8, 4) is 0 Å². The average molecular weight is 290 g/mol. The molecule has 0 bridgehead atoms. The van der Waals surface area contributed by atoms with Crippen LogP contribution < -0.4 is 10.6 Å². The number of anilines is 1. The molecule has 4 heteroatoms. The molecule has 1 heterocycles. The summed E-state index contributed by atoms with van der Waals surface area (Å²) in [7, 11) is 0. The van der Waals surface area contributed by atoms with Crippen LogP contribution in [0.15, 0.2) is 28.7 Å². The van der Waals surface area contributed by atoms with Crippen LogP contribution in [-0.4, -0.2) is 19.1 Å². The molecule has 2 aliphatic rings. The summed E-state index contributed by atoms with van der Waals surface area (Å²) in [5.41, 5.74) is 7.23. The van der Waals surface area contributed by atoms with Gasteiger partial charge < -0.3 is 10.6 Å². The van der Waals surface area contributed by atoms with E-state index in [1.807, 2.05) is 0 Å². The number of nitrogens with two attached hydrogens (primary N) is 1. The molecule has 3 atom stereocenters. The average Bonchev–Trinajstić information content (AvgIpc) is 2.66. The third kappa shape index (κ3) is 1.88. The van der Waals surface area contributed by atoms with Crippen molar-refractivity contribution in [1.82, 2.24) is 0 Å². The second kappa shape index (κ2) is 3.96. The second-order valence-corrected chi connectivity index (χ2v) is 5.20. The first kappa shape index (κ1) is 11.2. The van der Waals surface area contributed by atoms with Crippen LogP contribution in [0.1, 0.15) is 0 Å². The van der Waals surface area contributed by atoms with Crippen LogP contribution in [-0.2, 0) is 0 Å². The largest absolute Gasteiger partial charge is 0.371 e. The lowest BCUT2D eigenvalue weighted by atomic mass is 10.3. The highest BCUT2D eigenvalue weighted by Crippen LogP contribution is 2.45. The summed E-state index contributed by atoms with van der Waals surface area (Å²) in [6.45, 7) is 2.29. The zero-order valence-electron chi connectivity index (χ0n) is 8.27. The summed E-state index contributed by atoms with van der Waals surface area (Å²) < 4.78 is 1.14. The minimum atomic E-state index is 0. The van der Waals surface area contributed by atoms with Crippen LogP contribution in [0, 0.1) is 11.8 Å². The van der Waals surface area contributed by atoms with Crippen LogP contribution >= 0.6 is 28.3 Å². The van der Waals surface area contributed by atoms with E-state index in [9.17, 15) is 0 Å². The Hall–Kier alpha value is -0.250. The molecule has 2 fully saturated rings. The van der Waals surface area contributed by atoms with E-state index in [0.717, 1.165) is 29.4 Å². The number of rotatable bonds is 1. The molecule has 0 unspecified atom stereocenters. The van der Waals surface area contributed by atoms with E-state index >= 15 is 0 Å². The Morgan fingerprint density at radius 1 is 1.13 bits per heavy atom. The van der Waals surface area contributed by atoms with Gasteiger partial charge in [0.1, 0.15) is 0 Å². The summed E-state index contributed by atoms with van der Waals surface area (Å²) in [4.78, 5) is 2.44. The van der Waals surface area contributed by atoms with Gasteiger partial charge in [-0.2, -0.15) is 0 Å². The fourth-order valence-electron chi connectivity index (χ4n) is 2.44. The van der Waals surface area contributed by atoms with E-state index in [2.05, 4.69) is 45.1 Å². The summed E-state index contributed by atoms with van der Waals surface area (Å²) in [6.07, 6.45) is 0. The fourth-order valence-corrected chi connectivity index (χ4v) is 2.70. The summed E-state index contributed by atoms with van der Waals surface area (Å²) in [6, 6.07) is 9.01. The van der Waals surface area contributed by atoms with Gasteiger partial charge in [-0.05, 0) is 36.1 Å². The van der Waals surface area contributed by atoms with E-state index < -0.39 is 0 Å². The maximum Gasteiger partial charge on any atom is 0.0367 e. The number of benzene rings is 1. The summed E-state index contributed by atoms with van der Waals surface area (Å²) in [5, 5.41) is 0. The van der Waals surface area contributed by atoms with E-state index in [4.69, 9.17) is 5.73 Å². The number of hydrogen-bond donors (Lipinski definition) is 1. The molecule has 2 N–H and O–H groups in total. The van der Waals surface area contributed by atoms with E-state index in [1.165, 1.54) is 5.69 Å². The molecular formula is C11H14BrClN2. The molecule has 1 saturated carbocycles. The van der Waals surface area contributed by atoms with Crippen LogP contribution in [0.5, 0.6) is 0 Å². The molecule has 2 nitrogen and oxygen atoms in total. The normalized spacial score (nSPS) is 32.1. The third-order valence-electron chi connectivity index (χ3n) is 3.45. The fraction of sp³-hybridized carbons (Fsp3) is 0.455. The molecule has 0 aromatic heterocycles. The quantitative estimate of drug-likeness (QED) is 0.859. The molecule has 1 aliphatic carbocycles. The smallest absolute Gasteiger partial charge is 0.0367 e. The lowest BCUT2D eigenvalue weighted by molar-refractivity contribution is 0.743. The van der Waals surface area contributed by atoms with Crippen LogP contribution in [0.25, 0.3) is 0 Å². The standard InChI is InChI=1S/C11H13BrN2.ClH/c12-7-1-3-8(4-2-7)14-5-9-10(6-14)11(9)13;/h1-4,9-11H,5-6,13H2;1H/t9-,10+,11-;. The molecule has 3 rings (SSSR count). The van der Waals surface area contributed by atoms with Crippen molar-refractivity contribution in [2.75, 3.05) is 18.0 Å². The van der Waals surface area contributed by atoms with Gasteiger partial charge >= 0.3 is 0 Å². The molecule has 1 aliphatic heterocycles. The van der Waals surface area contributed by atoms with Crippen LogP contribution in [0.2, 0.25) is 0 Å². The minimum Gasteiger partial charge on any atom is -0.371 e. The first-order valence-corrected chi connectivity index (χ1v) is 5.81. The SMILES string of the molecule is Cl.N[C@H]1[C@H]2CN(c3ccc(Br)cc3)C[C@@H]12. The van der Waals surface area contributed by atoms with E-state index in [1.54, 1.807) is 0 Å². The van der Waals surface area contributed by atoms with Crippen molar-refractivity contribution in [2.24, 2.45) is 17.6 Å². The number of halogens is 2. The Morgan fingerprint density at radius 3 is 2.20 bits per heavy atom. The first-order chi connectivity index (χ1) is 6.75. The number of hydrogen-bond acceptors (Lipinski definition) is 2. The molecule has 1 saturated heterocycles. The third-order valence-corrected chi connectivity index (χ3v) is 3.98. The van der Waals surface area contributed by atoms with Gasteiger partial charge in [-0.3, -0.25) is 0 Å². The minimum absolute atomic E-state index is 0. The highest BCUT2D eigenvalue weighted by atomic mass is 79.9. The van der Waals surface area contributed by atoms with Crippen molar-refractivity contribution >= 4 is 34.0 Å². The number of piperidine rings is 1. The molecule has 1 aromatic carbocycles. The van der Waals surface area contributed by atoms with Gasteiger partial charge in [-0.25, -0.2) is 0 Å². The van der Waals surface area contributed by atoms with Gasteiger partial charge in [0.2, 0.25) is 0 Å². The lowest BCUT2D eigenvalue weighted by Gasteiger charge is -2.21.